The maximum absolute atomic E-state index is 12.4. The van der Waals surface area contributed by atoms with Gasteiger partial charge in [0.1, 0.15) is 0 Å². The lowest BCUT2D eigenvalue weighted by Crippen LogP contribution is -2.34. The van der Waals surface area contributed by atoms with Crippen molar-refractivity contribution in [3.63, 3.8) is 0 Å². The van der Waals surface area contributed by atoms with E-state index < -0.39 is 10.8 Å². The average Bonchev–Trinajstić information content (AvgIpc) is 3.02. The Balaban J connectivity index is 1.72. The van der Waals surface area contributed by atoms with E-state index in [1.807, 2.05) is 0 Å². The van der Waals surface area contributed by atoms with Crippen molar-refractivity contribution in [1.29, 1.82) is 0 Å². The van der Waals surface area contributed by atoms with E-state index in [0.29, 0.717) is 16.3 Å². The van der Waals surface area contributed by atoms with E-state index >= 15 is 0 Å². The summed E-state index contributed by atoms with van der Waals surface area (Å²) in [5.41, 5.74) is 1.63. The maximum atomic E-state index is 12.4. The van der Waals surface area contributed by atoms with Gasteiger partial charge in [0.15, 0.2) is 10.2 Å². The Morgan fingerprint density at radius 3 is 2.66 bits per heavy atom. The lowest BCUT2D eigenvalue weighted by Gasteiger charge is -2.09. The number of carbonyl (C=O) groups excluding carboxylic acids is 2. The second kappa shape index (κ2) is 8.29. The van der Waals surface area contributed by atoms with E-state index in [-0.39, 0.29) is 27.8 Å². The molecule has 11 heteroatoms. The van der Waals surface area contributed by atoms with Gasteiger partial charge in [-0.05, 0) is 43.4 Å². The molecule has 148 valence electrons. The zero-order valence-electron chi connectivity index (χ0n) is 15.3. The fourth-order valence-corrected chi connectivity index (χ4v) is 3.79. The van der Waals surface area contributed by atoms with Gasteiger partial charge in [-0.1, -0.05) is 17.4 Å². The van der Waals surface area contributed by atoms with Crippen LogP contribution in [0, 0.1) is 17.0 Å². The summed E-state index contributed by atoms with van der Waals surface area (Å²) in [5, 5.41) is 19.5. The van der Waals surface area contributed by atoms with Gasteiger partial charge in [-0.15, -0.1) is 0 Å². The van der Waals surface area contributed by atoms with Crippen LogP contribution >= 0.6 is 23.6 Å². The van der Waals surface area contributed by atoms with Crippen LogP contribution in [0.4, 0.5) is 16.5 Å². The predicted octanol–water partition coefficient (Wildman–Crippen LogP) is 3.60. The fraction of sp³-hybridized carbons (Fsp3) is 0.111. The summed E-state index contributed by atoms with van der Waals surface area (Å²) in [6, 6.07) is 9.54. The summed E-state index contributed by atoms with van der Waals surface area (Å²) >= 11 is 6.46. The number of nitrogens with zero attached hydrogens (tertiary/aromatic N) is 2. The summed E-state index contributed by atoms with van der Waals surface area (Å²) in [4.78, 5) is 38.5. The number of hydrogen-bond acceptors (Lipinski definition) is 7. The Morgan fingerprint density at radius 1 is 1.21 bits per heavy atom. The molecule has 0 atom stereocenters. The van der Waals surface area contributed by atoms with Gasteiger partial charge >= 0.3 is 0 Å². The number of hydrogen-bond donors (Lipinski definition) is 3. The van der Waals surface area contributed by atoms with Crippen LogP contribution in [0.1, 0.15) is 22.8 Å². The van der Waals surface area contributed by atoms with Crippen LogP contribution in [0.2, 0.25) is 0 Å². The van der Waals surface area contributed by atoms with Gasteiger partial charge in [0.2, 0.25) is 5.91 Å². The smallest absolute Gasteiger partial charge is 0.273 e. The van der Waals surface area contributed by atoms with E-state index in [9.17, 15) is 19.7 Å². The molecule has 0 radical (unpaired) electrons. The molecule has 9 nitrogen and oxygen atoms in total. The molecule has 0 spiro atoms. The molecular formula is C18H15N5O4S2. The Kier molecular flexibility index (Phi) is 5.80. The first-order valence-corrected chi connectivity index (χ1v) is 9.51. The third-order valence-corrected chi connectivity index (χ3v) is 5.04. The minimum Gasteiger partial charge on any atom is -0.326 e. The van der Waals surface area contributed by atoms with Crippen molar-refractivity contribution in [3.05, 3.63) is 57.6 Å². The largest absolute Gasteiger partial charge is 0.326 e. The van der Waals surface area contributed by atoms with E-state index in [1.54, 1.807) is 18.2 Å². The number of nitro benzene ring substituents is 1. The zero-order valence-corrected chi connectivity index (χ0v) is 16.9. The molecule has 1 aromatic heterocycles. The first kappa shape index (κ1) is 20.3. The molecular weight excluding hydrogens is 414 g/mol. The zero-order chi connectivity index (χ0) is 21.1. The van der Waals surface area contributed by atoms with Crippen LogP contribution < -0.4 is 16.0 Å². The standard InChI is InChI=1S/C18H15N5O4S2/c1-9-12(4-3-5-14(9)23(26)27)16(25)21-17(28)22-18-20-13-7-6-11(19-10(2)24)8-15(13)29-18/h3-8H,1-2H3,(H,19,24)(H2,20,21,22,25,28). The number of rotatable bonds is 4. The van der Waals surface area contributed by atoms with Crippen molar-refractivity contribution < 1.29 is 14.5 Å². The second-order valence-electron chi connectivity index (χ2n) is 6.00. The molecule has 0 bridgehead atoms. The van der Waals surface area contributed by atoms with Crippen LogP contribution in [0.5, 0.6) is 0 Å². The summed E-state index contributed by atoms with van der Waals surface area (Å²) < 4.78 is 0.822. The number of aromatic nitrogens is 1. The molecule has 0 fully saturated rings. The fourth-order valence-electron chi connectivity index (χ4n) is 2.63. The number of anilines is 2. The van der Waals surface area contributed by atoms with Gasteiger partial charge in [0.25, 0.3) is 11.6 Å². The Bertz CT molecular complexity index is 1160. The summed E-state index contributed by atoms with van der Waals surface area (Å²) in [6.07, 6.45) is 0. The van der Waals surface area contributed by atoms with Crippen LogP contribution in [-0.2, 0) is 4.79 Å². The van der Waals surface area contributed by atoms with E-state index in [4.69, 9.17) is 12.2 Å². The first-order chi connectivity index (χ1) is 13.7. The highest BCUT2D eigenvalue weighted by atomic mass is 32.1. The van der Waals surface area contributed by atoms with Crippen LogP contribution in [0.3, 0.4) is 0 Å². The molecule has 29 heavy (non-hydrogen) atoms. The molecule has 3 rings (SSSR count). The molecule has 3 N–H and O–H groups in total. The molecule has 0 unspecified atom stereocenters. The number of carbonyl (C=O) groups is 2. The van der Waals surface area contributed by atoms with Crippen LogP contribution in [-0.4, -0.2) is 26.8 Å². The molecule has 3 aromatic rings. The number of thiocarbonyl (C=S) groups is 1. The second-order valence-corrected chi connectivity index (χ2v) is 7.44. The van der Waals surface area contributed by atoms with E-state index in [2.05, 4.69) is 20.9 Å². The molecule has 0 aliphatic carbocycles. The van der Waals surface area contributed by atoms with Gasteiger partial charge in [0, 0.05) is 29.8 Å². The molecule has 0 saturated carbocycles. The van der Waals surface area contributed by atoms with Crippen LogP contribution in [0.15, 0.2) is 36.4 Å². The predicted molar refractivity (Wildman–Crippen MR) is 115 cm³/mol. The van der Waals surface area contributed by atoms with Gasteiger partial charge in [0.05, 0.1) is 15.1 Å². The summed E-state index contributed by atoms with van der Waals surface area (Å²) in [5.74, 6) is -0.731. The molecule has 0 saturated heterocycles. The molecule has 1 heterocycles. The van der Waals surface area contributed by atoms with Gasteiger partial charge < -0.3 is 10.6 Å². The lowest BCUT2D eigenvalue weighted by atomic mass is 10.1. The highest BCUT2D eigenvalue weighted by Gasteiger charge is 2.19. The van der Waals surface area contributed by atoms with E-state index in [0.717, 1.165) is 4.70 Å². The number of fused-ring (bicyclic) bond motifs is 1. The number of benzene rings is 2. The molecule has 2 amide bonds. The number of nitrogens with one attached hydrogen (secondary N) is 3. The van der Waals surface area contributed by atoms with Gasteiger partial charge in [-0.25, -0.2) is 4.98 Å². The van der Waals surface area contributed by atoms with Crippen molar-refractivity contribution in [3.8, 4) is 0 Å². The average molecular weight is 429 g/mol. The molecule has 0 aliphatic heterocycles. The minimum atomic E-state index is -0.558. The number of amides is 2. The SMILES string of the molecule is CC(=O)Nc1ccc2nc(NC(=S)NC(=O)c3cccc([N+](=O)[O-])c3C)sc2c1. The van der Waals surface area contributed by atoms with Crippen molar-refractivity contribution in [2.24, 2.45) is 0 Å². The van der Waals surface area contributed by atoms with Crippen molar-refractivity contribution in [2.45, 2.75) is 13.8 Å². The normalized spacial score (nSPS) is 10.4. The summed E-state index contributed by atoms with van der Waals surface area (Å²) in [6.45, 7) is 2.93. The Morgan fingerprint density at radius 2 is 1.97 bits per heavy atom. The topological polar surface area (TPSA) is 126 Å². The molecule has 0 aliphatic rings. The summed E-state index contributed by atoms with van der Waals surface area (Å²) in [7, 11) is 0. The maximum Gasteiger partial charge on any atom is 0.273 e. The van der Waals surface area contributed by atoms with Crippen molar-refractivity contribution >= 4 is 67.2 Å². The monoisotopic (exact) mass is 429 g/mol. The Labute approximate surface area is 174 Å². The number of thiazole rings is 1. The van der Waals surface area contributed by atoms with Gasteiger partial charge in [-0.2, -0.15) is 0 Å². The third kappa shape index (κ3) is 4.70. The highest BCUT2D eigenvalue weighted by molar-refractivity contribution is 7.80. The quantitative estimate of drug-likeness (QED) is 0.329. The highest BCUT2D eigenvalue weighted by Crippen LogP contribution is 2.28. The molecule has 2 aromatic carbocycles. The Hall–Kier alpha value is -3.44. The third-order valence-electron chi connectivity index (χ3n) is 3.90. The minimum absolute atomic E-state index is 0.0158. The van der Waals surface area contributed by atoms with Gasteiger partial charge in [-0.3, -0.25) is 25.0 Å². The lowest BCUT2D eigenvalue weighted by molar-refractivity contribution is -0.385. The number of nitro groups is 1. The van der Waals surface area contributed by atoms with Crippen LogP contribution in [0.25, 0.3) is 10.2 Å². The van der Waals surface area contributed by atoms with Crippen molar-refractivity contribution in [2.75, 3.05) is 10.6 Å². The van der Waals surface area contributed by atoms with Crippen molar-refractivity contribution in [1.82, 2.24) is 10.3 Å². The van der Waals surface area contributed by atoms with E-state index in [1.165, 1.54) is 43.4 Å². The first-order valence-electron chi connectivity index (χ1n) is 8.29.